The molecule has 0 N–H and O–H groups in total. The Bertz CT molecular complexity index is 765. The third-order valence-corrected chi connectivity index (χ3v) is 3.79. The Balaban J connectivity index is 2.26. The van der Waals surface area contributed by atoms with E-state index in [-0.39, 0.29) is 5.97 Å². The van der Waals surface area contributed by atoms with Crippen LogP contribution in [-0.2, 0) is 9.53 Å². The van der Waals surface area contributed by atoms with Crippen molar-refractivity contribution in [3.8, 4) is 22.6 Å². The van der Waals surface area contributed by atoms with E-state index in [1.54, 1.807) is 13.0 Å². The topological polar surface area (TPSA) is 44.8 Å². The van der Waals surface area contributed by atoms with Crippen LogP contribution in [0.25, 0.3) is 17.2 Å². The molecule has 0 unspecified atom stereocenters. The fourth-order valence-electron chi connectivity index (χ4n) is 2.52. The molecule has 0 amide bonds. The van der Waals surface area contributed by atoms with Gasteiger partial charge < -0.3 is 14.2 Å². The van der Waals surface area contributed by atoms with Crippen molar-refractivity contribution in [2.45, 2.75) is 33.6 Å². The van der Waals surface area contributed by atoms with Crippen LogP contribution < -0.4 is 9.47 Å². The normalized spacial score (nSPS) is 10.8. The quantitative estimate of drug-likeness (QED) is 0.410. The lowest BCUT2D eigenvalue weighted by atomic mass is 10.0. The highest BCUT2D eigenvalue weighted by Crippen LogP contribution is 2.33. The standard InChI is InChI=1S/C23H28O4/c1-4-14-26-21-12-11-20(17-22(21)27-15-5-2)19-9-7-8-18(16-19)10-13-23(24)25-6-3/h7-13,16-17H,4-6,14-15H2,1-3H3/b13-10-. The Labute approximate surface area is 161 Å². The summed E-state index contributed by atoms with van der Waals surface area (Å²) in [6.07, 6.45) is 5.09. The van der Waals surface area contributed by atoms with Gasteiger partial charge in [-0.2, -0.15) is 0 Å². The van der Waals surface area contributed by atoms with Crippen molar-refractivity contribution < 1.29 is 19.0 Å². The van der Waals surface area contributed by atoms with Crippen LogP contribution in [-0.4, -0.2) is 25.8 Å². The molecule has 0 radical (unpaired) electrons. The molecule has 144 valence electrons. The number of hydrogen-bond acceptors (Lipinski definition) is 4. The van der Waals surface area contributed by atoms with Crippen LogP contribution in [0.3, 0.4) is 0 Å². The zero-order chi connectivity index (χ0) is 19.5. The molecule has 0 heterocycles. The summed E-state index contributed by atoms with van der Waals surface area (Å²) < 4.78 is 16.6. The molecule has 0 spiro atoms. The molecule has 4 nitrogen and oxygen atoms in total. The lowest BCUT2D eigenvalue weighted by molar-refractivity contribution is -0.137. The van der Waals surface area contributed by atoms with Crippen molar-refractivity contribution >= 4 is 12.0 Å². The maximum absolute atomic E-state index is 11.5. The molecule has 2 rings (SSSR count). The van der Waals surface area contributed by atoms with Gasteiger partial charge in [-0.25, -0.2) is 4.79 Å². The predicted octanol–water partition coefficient (Wildman–Crippen LogP) is 5.51. The number of ether oxygens (including phenoxy) is 3. The smallest absolute Gasteiger partial charge is 0.330 e. The van der Waals surface area contributed by atoms with E-state index in [1.807, 2.05) is 42.5 Å². The van der Waals surface area contributed by atoms with Crippen LogP contribution in [0.15, 0.2) is 48.5 Å². The first-order valence-corrected chi connectivity index (χ1v) is 9.52. The zero-order valence-corrected chi connectivity index (χ0v) is 16.4. The third-order valence-electron chi connectivity index (χ3n) is 3.79. The first kappa shape index (κ1) is 20.6. The summed E-state index contributed by atoms with van der Waals surface area (Å²) in [6.45, 7) is 7.63. The minimum atomic E-state index is -0.337. The molecular formula is C23H28O4. The summed E-state index contributed by atoms with van der Waals surface area (Å²) >= 11 is 0. The number of esters is 1. The fourth-order valence-corrected chi connectivity index (χ4v) is 2.52. The highest BCUT2D eigenvalue weighted by Gasteiger charge is 2.08. The molecule has 0 aliphatic heterocycles. The van der Waals surface area contributed by atoms with E-state index in [1.165, 1.54) is 6.08 Å². The Hall–Kier alpha value is -2.75. The van der Waals surface area contributed by atoms with Crippen LogP contribution in [0.4, 0.5) is 0 Å². The molecule has 0 saturated heterocycles. The van der Waals surface area contributed by atoms with E-state index >= 15 is 0 Å². The van der Waals surface area contributed by atoms with Gasteiger partial charge in [0.15, 0.2) is 11.5 Å². The number of benzene rings is 2. The van der Waals surface area contributed by atoms with Gasteiger partial charge >= 0.3 is 5.97 Å². The summed E-state index contributed by atoms with van der Waals surface area (Å²) in [5.74, 6) is 1.19. The van der Waals surface area contributed by atoms with E-state index in [4.69, 9.17) is 14.2 Å². The first-order chi connectivity index (χ1) is 13.2. The zero-order valence-electron chi connectivity index (χ0n) is 16.4. The summed E-state index contributed by atoms with van der Waals surface area (Å²) in [5.41, 5.74) is 3.02. The molecule has 2 aromatic rings. The van der Waals surface area contributed by atoms with E-state index in [9.17, 15) is 4.79 Å². The van der Waals surface area contributed by atoms with Gasteiger partial charge in [0.2, 0.25) is 0 Å². The Morgan fingerprint density at radius 2 is 1.59 bits per heavy atom. The van der Waals surface area contributed by atoms with Crippen LogP contribution in [0, 0.1) is 0 Å². The van der Waals surface area contributed by atoms with Gasteiger partial charge in [-0.15, -0.1) is 0 Å². The molecule has 0 bridgehead atoms. The predicted molar refractivity (Wildman–Crippen MR) is 109 cm³/mol. The number of hydrogen-bond donors (Lipinski definition) is 0. The molecule has 0 fully saturated rings. The van der Waals surface area contributed by atoms with E-state index in [2.05, 4.69) is 13.8 Å². The first-order valence-electron chi connectivity index (χ1n) is 9.52. The number of rotatable bonds is 10. The van der Waals surface area contributed by atoms with Crippen molar-refractivity contribution in [3.05, 3.63) is 54.1 Å². The van der Waals surface area contributed by atoms with Crippen LogP contribution in [0.5, 0.6) is 11.5 Å². The van der Waals surface area contributed by atoms with Crippen molar-refractivity contribution in [3.63, 3.8) is 0 Å². The van der Waals surface area contributed by atoms with E-state index in [0.717, 1.165) is 41.0 Å². The molecule has 0 aliphatic carbocycles. The van der Waals surface area contributed by atoms with Gasteiger partial charge in [0.25, 0.3) is 0 Å². The second-order valence-electron chi connectivity index (χ2n) is 6.07. The summed E-state index contributed by atoms with van der Waals surface area (Å²) in [6, 6.07) is 14.0. The SMILES string of the molecule is CCCOc1ccc(-c2cccc(/C=C\C(=O)OCC)c2)cc1OCCC. The molecule has 0 atom stereocenters. The Kier molecular flexibility index (Phi) is 8.43. The molecule has 0 aliphatic rings. The molecule has 2 aromatic carbocycles. The van der Waals surface area contributed by atoms with E-state index < -0.39 is 0 Å². The minimum absolute atomic E-state index is 0.337. The molecule has 0 saturated carbocycles. The van der Waals surface area contributed by atoms with Crippen molar-refractivity contribution in [1.29, 1.82) is 0 Å². The lowest BCUT2D eigenvalue weighted by Gasteiger charge is -2.14. The van der Waals surface area contributed by atoms with Crippen molar-refractivity contribution in [2.24, 2.45) is 0 Å². The second-order valence-corrected chi connectivity index (χ2v) is 6.07. The van der Waals surface area contributed by atoms with Gasteiger partial charge in [0.05, 0.1) is 19.8 Å². The lowest BCUT2D eigenvalue weighted by Crippen LogP contribution is -2.01. The molecule has 27 heavy (non-hydrogen) atoms. The summed E-state index contributed by atoms with van der Waals surface area (Å²) in [5, 5.41) is 0. The van der Waals surface area contributed by atoms with Crippen molar-refractivity contribution in [2.75, 3.05) is 19.8 Å². The highest BCUT2D eigenvalue weighted by atomic mass is 16.5. The maximum Gasteiger partial charge on any atom is 0.330 e. The third kappa shape index (κ3) is 6.48. The molecule has 4 heteroatoms. The Morgan fingerprint density at radius 3 is 2.30 bits per heavy atom. The molecule has 0 aromatic heterocycles. The highest BCUT2D eigenvalue weighted by molar-refractivity contribution is 5.87. The van der Waals surface area contributed by atoms with Crippen LogP contribution >= 0.6 is 0 Å². The van der Waals surface area contributed by atoms with E-state index in [0.29, 0.717) is 19.8 Å². The van der Waals surface area contributed by atoms with Gasteiger partial charge in [-0.05, 0) is 60.7 Å². The second kappa shape index (κ2) is 11.1. The largest absolute Gasteiger partial charge is 0.490 e. The van der Waals surface area contributed by atoms with Crippen LogP contribution in [0.1, 0.15) is 39.2 Å². The van der Waals surface area contributed by atoms with Crippen molar-refractivity contribution in [1.82, 2.24) is 0 Å². The van der Waals surface area contributed by atoms with Gasteiger partial charge in [-0.3, -0.25) is 0 Å². The molecular weight excluding hydrogens is 340 g/mol. The summed E-state index contributed by atoms with van der Waals surface area (Å²) in [7, 11) is 0. The van der Waals surface area contributed by atoms with Crippen LogP contribution in [0.2, 0.25) is 0 Å². The van der Waals surface area contributed by atoms with Gasteiger partial charge in [0, 0.05) is 6.08 Å². The number of carbonyl (C=O) groups excluding carboxylic acids is 1. The monoisotopic (exact) mass is 368 g/mol. The summed E-state index contributed by atoms with van der Waals surface area (Å²) in [4.78, 5) is 11.5. The average molecular weight is 368 g/mol. The fraction of sp³-hybridized carbons (Fsp3) is 0.348. The average Bonchev–Trinajstić information content (AvgIpc) is 2.70. The van der Waals surface area contributed by atoms with Gasteiger partial charge in [0.1, 0.15) is 0 Å². The minimum Gasteiger partial charge on any atom is -0.490 e. The number of carbonyl (C=O) groups is 1. The van der Waals surface area contributed by atoms with Gasteiger partial charge in [-0.1, -0.05) is 38.1 Å². The Morgan fingerprint density at radius 1 is 0.889 bits per heavy atom. The maximum atomic E-state index is 11.5.